The third kappa shape index (κ3) is 3.23. The van der Waals surface area contributed by atoms with Gasteiger partial charge in [-0.25, -0.2) is 4.98 Å². The van der Waals surface area contributed by atoms with Crippen molar-refractivity contribution in [2.24, 2.45) is 0 Å². The Morgan fingerprint density at radius 3 is 2.50 bits per heavy atom. The largest absolute Gasteiger partial charge is 0.444 e. The van der Waals surface area contributed by atoms with Crippen molar-refractivity contribution in [2.75, 3.05) is 0 Å². The van der Waals surface area contributed by atoms with Crippen LogP contribution in [0, 0.1) is 0 Å². The van der Waals surface area contributed by atoms with Gasteiger partial charge in [-0.15, -0.1) is 10.2 Å². The summed E-state index contributed by atoms with van der Waals surface area (Å²) in [6.07, 6.45) is 3.58. The Kier molecular flexibility index (Phi) is 4.22. The van der Waals surface area contributed by atoms with Gasteiger partial charge in [0.25, 0.3) is 0 Å². The number of rotatable bonds is 4. The lowest BCUT2D eigenvalue weighted by Crippen LogP contribution is -2.09. The Balaban J connectivity index is 2.14. The molecule has 0 aliphatic rings. The van der Waals surface area contributed by atoms with Gasteiger partial charge < -0.3 is 8.98 Å². The minimum atomic E-state index is -0.0202. The molecule has 0 fully saturated rings. The highest BCUT2D eigenvalue weighted by Crippen LogP contribution is 2.35. The van der Waals surface area contributed by atoms with Gasteiger partial charge >= 0.3 is 0 Å². The van der Waals surface area contributed by atoms with Crippen LogP contribution >= 0.6 is 11.8 Å². The predicted molar refractivity (Wildman–Crippen MR) is 79.9 cm³/mol. The lowest BCUT2D eigenvalue weighted by Gasteiger charge is -2.14. The molecule has 2 rings (SSSR count). The summed E-state index contributed by atoms with van der Waals surface area (Å²) in [6.45, 7) is 12.6. The van der Waals surface area contributed by atoms with Crippen molar-refractivity contribution < 1.29 is 4.42 Å². The first-order chi connectivity index (χ1) is 9.29. The molecule has 0 saturated heterocycles. The number of oxazole rings is 1. The lowest BCUT2D eigenvalue weighted by molar-refractivity contribution is 0.383. The van der Waals surface area contributed by atoms with E-state index in [1.54, 1.807) is 18.1 Å². The summed E-state index contributed by atoms with van der Waals surface area (Å²) < 4.78 is 7.92. The van der Waals surface area contributed by atoms with Crippen LogP contribution in [0.15, 0.2) is 22.1 Å². The Morgan fingerprint density at radius 1 is 1.25 bits per heavy atom. The number of aromatic nitrogens is 4. The van der Waals surface area contributed by atoms with Gasteiger partial charge in [-0.1, -0.05) is 32.5 Å². The predicted octanol–water partition coefficient (Wildman–Crippen LogP) is 4.00. The minimum Gasteiger partial charge on any atom is -0.444 e. The van der Waals surface area contributed by atoms with Gasteiger partial charge in [0.2, 0.25) is 5.89 Å². The number of thioether (sulfide) groups is 1. The van der Waals surface area contributed by atoms with E-state index in [1.165, 1.54) is 0 Å². The van der Waals surface area contributed by atoms with Crippen molar-refractivity contribution >= 4 is 11.8 Å². The molecule has 0 unspecified atom stereocenters. The van der Waals surface area contributed by atoms with Crippen molar-refractivity contribution in [3.63, 3.8) is 0 Å². The molecule has 0 spiro atoms. The fourth-order valence-corrected chi connectivity index (χ4v) is 2.70. The van der Waals surface area contributed by atoms with Crippen LogP contribution < -0.4 is 0 Å². The van der Waals surface area contributed by atoms with Crippen LogP contribution in [0.2, 0.25) is 0 Å². The zero-order valence-corrected chi connectivity index (χ0v) is 13.7. The zero-order valence-electron chi connectivity index (χ0n) is 12.9. The first kappa shape index (κ1) is 15.1. The van der Waals surface area contributed by atoms with Crippen molar-refractivity contribution in [2.45, 2.75) is 63.4 Å². The van der Waals surface area contributed by atoms with Gasteiger partial charge in [-0.2, -0.15) is 0 Å². The maximum atomic E-state index is 5.87. The summed E-state index contributed by atoms with van der Waals surface area (Å²) >= 11 is 1.62. The number of hydrogen-bond donors (Lipinski definition) is 0. The maximum Gasteiger partial charge on any atom is 0.207 e. The monoisotopic (exact) mass is 294 g/mol. The molecule has 0 saturated carbocycles. The van der Waals surface area contributed by atoms with Crippen LogP contribution in [0.1, 0.15) is 64.5 Å². The first-order valence-electron chi connectivity index (χ1n) is 6.81. The van der Waals surface area contributed by atoms with Crippen LogP contribution in [0.4, 0.5) is 0 Å². The highest BCUT2D eigenvalue weighted by Gasteiger charge is 2.23. The van der Waals surface area contributed by atoms with E-state index in [2.05, 4.69) is 61.3 Å². The van der Waals surface area contributed by atoms with Crippen LogP contribution in [0.5, 0.6) is 0 Å². The molecule has 2 heterocycles. The van der Waals surface area contributed by atoms with Gasteiger partial charge in [0.1, 0.15) is 12.1 Å². The fourth-order valence-electron chi connectivity index (χ4n) is 1.70. The van der Waals surface area contributed by atoms with E-state index in [4.69, 9.17) is 4.42 Å². The SMILES string of the molecule is CC(C)n1cnnc1S[C@@H](C)c1ncc(C(C)(C)C)o1. The van der Waals surface area contributed by atoms with E-state index in [-0.39, 0.29) is 10.7 Å². The van der Waals surface area contributed by atoms with E-state index in [0.717, 1.165) is 16.8 Å². The van der Waals surface area contributed by atoms with E-state index >= 15 is 0 Å². The molecule has 0 radical (unpaired) electrons. The molecule has 1 atom stereocenters. The quantitative estimate of drug-likeness (QED) is 0.798. The smallest absolute Gasteiger partial charge is 0.207 e. The Morgan fingerprint density at radius 2 is 1.95 bits per heavy atom. The average Bonchev–Trinajstić information content (AvgIpc) is 2.95. The molecule has 0 aliphatic heterocycles. The van der Waals surface area contributed by atoms with E-state index in [9.17, 15) is 0 Å². The van der Waals surface area contributed by atoms with Gasteiger partial charge in [0, 0.05) is 11.5 Å². The van der Waals surface area contributed by atoms with Crippen LogP contribution in [0.3, 0.4) is 0 Å². The number of nitrogens with zero attached hydrogens (tertiary/aromatic N) is 4. The molecule has 0 aromatic carbocycles. The molecular formula is C14H22N4OS. The maximum absolute atomic E-state index is 5.87. The first-order valence-corrected chi connectivity index (χ1v) is 7.69. The third-order valence-electron chi connectivity index (χ3n) is 2.99. The summed E-state index contributed by atoms with van der Waals surface area (Å²) in [5.41, 5.74) is -0.0202. The van der Waals surface area contributed by atoms with Crippen molar-refractivity contribution in [3.8, 4) is 0 Å². The zero-order chi connectivity index (χ0) is 14.9. The third-order valence-corrected chi connectivity index (χ3v) is 4.05. The van der Waals surface area contributed by atoms with Gasteiger partial charge in [-0.05, 0) is 20.8 Å². The minimum absolute atomic E-state index is 0.0202. The molecule has 0 aliphatic carbocycles. The summed E-state index contributed by atoms with van der Waals surface area (Å²) in [6, 6.07) is 0.342. The van der Waals surface area contributed by atoms with Gasteiger partial charge in [0.05, 0.1) is 11.4 Å². The van der Waals surface area contributed by atoms with Gasteiger partial charge in [0.15, 0.2) is 5.16 Å². The second-order valence-corrected chi connectivity index (χ2v) is 7.50. The molecule has 110 valence electrons. The molecule has 5 nitrogen and oxygen atoms in total. The second kappa shape index (κ2) is 5.60. The number of hydrogen-bond acceptors (Lipinski definition) is 5. The van der Waals surface area contributed by atoms with Crippen LogP contribution in [-0.2, 0) is 5.41 Å². The van der Waals surface area contributed by atoms with Crippen molar-refractivity contribution in [1.29, 1.82) is 0 Å². The Bertz CT molecular complexity index is 568. The molecule has 2 aromatic rings. The topological polar surface area (TPSA) is 56.7 Å². The Hall–Kier alpha value is -1.30. The standard InChI is InChI=1S/C14H22N4OS/c1-9(2)18-8-16-17-13(18)20-10(3)12-15-7-11(19-12)14(4,5)6/h7-10H,1-6H3/t10-/m0/s1. The molecular weight excluding hydrogens is 272 g/mol. The molecule has 6 heteroatoms. The van der Waals surface area contributed by atoms with Crippen molar-refractivity contribution in [1.82, 2.24) is 19.7 Å². The second-order valence-electron chi connectivity index (χ2n) is 6.19. The van der Waals surface area contributed by atoms with E-state index in [1.807, 2.05) is 6.20 Å². The lowest BCUT2D eigenvalue weighted by atomic mass is 9.94. The molecule has 20 heavy (non-hydrogen) atoms. The molecule has 0 bridgehead atoms. The summed E-state index contributed by atoms with van der Waals surface area (Å²) in [4.78, 5) is 4.39. The van der Waals surface area contributed by atoms with Crippen LogP contribution in [-0.4, -0.2) is 19.7 Å². The highest BCUT2D eigenvalue weighted by atomic mass is 32.2. The van der Waals surface area contributed by atoms with Crippen LogP contribution in [0.25, 0.3) is 0 Å². The summed E-state index contributed by atoms with van der Waals surface area (Å²) in [7, 11) is 0. The van der Waals surface area contributed by atoms with E-state index < -0.39 is 0 Å². The molecule has 0 amide bonds. The summed E-state index contributed by atoms with van der Waals surface area (Å²) in [5, 5.41) is 9.14. The average molecular weight is 294 g/mol. The molecule has 2 aromatic heterocycles. The van der Waals surface area contributed by atoms with Crippen molar-refractivity contribution in [3.05, 3.63) is 24.2 Å². The normalized spacial score (nSPS) is 13.9. The highest BCUT2D eigenvalue weighted by molar-refractivity contribution is 7.99. The molecule has 0 N–H and O–H groups in total. The fraction of sp³-hybridized carbons (Fsp3) is 0.643. The summed E-state index contributed by atoms with van der Waals surface area (Å²) in [5.74, 6) is 1.64. The Labute approximate surface area is 124 Å². The van der Waals surface area contributed by atoms with Gasteiger partial charge in [-0.3, -0.25) is 0 Å². The van der Waals surface area contributed by atoms with E-state index in [0.29, 0.717) is 6.04 Å².